The van der Waals surface area contributed by atoms with Crippen molar-refractivity contribution in [1.29, 1.82) is 0 Å². The Morgan fingerprint density at radius 2 is 2.00 bits per heavy atom. The fourth-order valence-electron chi connectivity index (χ4n) is 6.26. The van der Waals surface area contributed by atoms with E-state index >= 15 is 0 Å². The van der Waals surface area contributed by atoms with Crippen LogP contribution in [0.25, 0.3) is 0 Å². The van der Waals surface area contributed by atoms with Crippen LogP contribution < -0.4 is 4.74 Å². The van der Waals surface area contributed by atoms with E-state index in [0.717, 1.165) is 36.7 Å². The summed E-state index contributed by atoms with van der Waals surface area (Å²) < 4.78 is 11.8. The van der Waals surface area contributed by atoms with Crippen LogP contribution in [-0.2, 0) is 22.5 Å². The molecular formula is C30H38ClNO3. The van der Waals surface area contributed by atoms with Gasteiger partial charge in [-0.1, -0.05) is 36.7 Å². The third-order valence-corrected chi connectivity index (χ3v) is 8.78. The number of halogens is 1. The topological polar surface area (TPSA) is 38.8 Å². The molecule has 0 radical (unpaired) electrons. The molecule has 1 aliphatic carbocycles. The normalized spacial score (nSPS) is 23.3. The van der Waals surface area contributed by atoms with E-state index in [1.807, 2.05) is 13.0 Å². The third-order valence-electron chi connectivity index (χ3n) is 8.55. The fourth-order valence-corrected chi connectivity index (χ4v) is 6.45. The van der Waals surface area contributed by atoms with Gasteiger partial charge in [0.05, 0.1) is 13.0 Å². The average molecular weight is 496 g/mol. The first-order valence-corrected chi connectivity index (χ1v) is 13.6. The van der Waals surface area contributed by atoms with E-state index in [9.17, 15) is 4.79 Å². The van der Waals surface area contributed by atoms with Gasteiger partial charge < -0.3 is 9.47 Å². The summed E-state index contributed by atoms with van der Waals surface area (Å²) in [4.78, 5) is 14.9. The highest BCUT2D eigenvalue weighted by Crippen LogP contribution is 2.48. The summed E-state index contributed by atoms with van der Waals surface area (Å²) in [5.41, 5.74) is 5.17. The number of aryl methyl sites for hydroxylation is 1. The molecular weight excluding hydrogens is 458 g/mol. The Kier molecular flexibility index (Phi) is 6.89. The number of carbonyl (C=O) groups is 1. The van der Waals surface area contributed by atoms with Crippen LogP contribution in [0.2, 0.25) is 5.02 Å². The predicted octanol–water partition coefficient (Wildman–Crippen LogP) is 7.08. The van der Waals surface area contributed by atoms with Crippen molar-refractivity contribution in [3.8, 4) is 5.75 Å². The average Bonchev–Trinajstić information content (AvgIpc) is 3.62. The smallest absolute Gasteiger partial charge is 0.309 e. The number of rotatable bonds is 7. The molecule has 35 heavy (non-hydrogen) atoms. The molecule has 0 aromatic heterocycles. The monoisotopic (exact) mass is 495 g/mol. The van der Waals surface area contributed by atoms with Crippen LogP contribution in [0.15, 0.2) is 36.4 Å². The summed E-state index contributed by atoms with van der Waals surface area (Å²) in [5, 5.41) is 0.781. The number of likely N-dealkylation sites (tertiary alicyclic amines) is 1. The summed E-state index contributed by atoms with van der Waals surface area (Å²) >= 11 is 6.45. The van der Waals surface area contributed by atoms with Gasteiger partial charge in [0.2, 0.25) is 0 Å². The first-order valence-electron chi connectivity index (χ1n) is 13.2. The Bertz CT molecular complexity index is 1090. The van der Waals surface area contributed by atoms with Crippen LogP contribution in [0.1, 0.15) is 87.2 Å². The third kappa shape index (κ3) is 5.11. The van der Waals surface area contributed by atoms with Crippen molar-refractivity contribution < 1.29 is 14.3 Å². The van der Waals surface area contributed by atoms with Gasteiger partial charge in [0.25, 0.3) is 0 Å². The fraction of sp³-hybridized carbons (Fsp3) is 0.567. The maximum atomic E-state index is 12.4. The molecule has 2 fully saturated rings. The van der Waals surface area contributed by atoms with Crippen LogP contribution >= 0.6 is 11.6 Å². The molecule has 1 unspecified atom stereocenters. The van der Waals surface area contributed by atoms with Crippen LogP contribution in [-0.4, -0.2) is 30.1 Å². The molecule has 0 bridgehead atoms. The zero-order valence-corrected chi connectivity index (χ0v) is 22.2. The zero-order valence-electron chi connectivity index (χ0n) is 21.5. The first-order chi connectivity index (χ1) is 16.8. The molecule has 188 valence electrons. The van der Waals surface area contributed by atoms with Crippen molar-refractivity contribution in [1.82, 2.24) is 4.90 Å². The van der Waals surface area contributed by atoms with Crippen LogP contribution in [0, 0.1) is 11.8 Å². The number of esters is 1. The lowest BCUT2D eigenvalue weighted by Gasteiger charge is -2.34. The molecule has 2 aromatic rings. The summed E-state index contributed by atoms with van der Waals surface area (Å²) in [7, 11) is 1.48. The van der Waals surface area contributed by atoms with E-state index in [4.69, 9.17) is 21.1 Å². The van der Waals surface area contributed by atoms with E-state index in [2.05, 4.69) is 49.1 Å². The van der Waals surface area contributed by atoms with Crippen LogP contribution in [0.4, 0.5) is 0 Å². The van der Waals surface area contributed by atoms with Crippen LogP contribution in [0.3, 0.4) is 0 Å². The summed E-state index contributed by atoms with van der Waals surface area (Å²) in [5.74, 6) is 1.41. The number of hydrogen-bond acceptors (Lipinski definition) is 4. The Hall–Kier alpha value is -2.04. The highest BCUT2D eigenvalue weighted by Gasteiger charge is 2.40. The number of carbonyl (C=O) groups excluding carboxylic acids is 1. The van der Waals surface area contributed by atoms with Gasteiger partial charge in [0.1, 0.15) is 11.9 Å². The number of nitrogens with zero attached hydrogens (tertiary/aromatic N) is 1. The SMILES string of the molecule is COC(=O)[C@@H](C)[C@H](c1ccc2c(c1)OC(c1ccc(Cl)cc1CN1CCCC1(C)C)CC2)C1CC1. The predicted molar refractivity (Wildman–Crippen MR) is 140 cm³/mol. The van der Waals surface area contributed by atoms with Crippen molar-refractivity contribution in [2.24, 2.45) is 11.8 Å². The molecule has 5 heteroatoms. The molecule has 2 aromatic carbocycles. The first kappa shape index (κ1) is 24.6. The van der Waals surface area contributed by atoms with Gasteiger partial charge in [0.15, 0.2) is 0 Å². The van der Waals surface area contributed by atoms with Gasteiger partial charge in [-0.3, -0.25) is 9.69 Å². The van der Waals surface area contributed by atoms with E-state index in [1.54, 1.807) is 0 Å². The second-order valence-electron chi connectivity index (χ2n) is 11.4. The molecule has 3 atom stereocenters. The lowest BCUT2D eigenvalue weighted by molar-refractivity contribution is -0.145. The summed E-state index contributed by atoms with van der Waals surface area (Å²) in [6.45, 7) is 8.70. The second kappa shape index (κ2) is 9.78. The highest BCUT2D eigenvalue weighted by molar-refractivity contribution is 6.30. The van der Waals surface area contributed by atoms with Gasteiger partial charge in [-0.25, -0.2) is 0 Å². The van der Waals surface area contributed by atoms with Crippen molar-refractivity contribution in [2.45, 2.75) is 83.4 Å². The molecule has 0 N–H and O–H groups in total. The van der Waals surface area contributed by atoms with E-state index in [1.165, 1.54) is 55.0 Å². The molecule has 3 aliphatic rings. The van der Waals surface area contributed by atoms with Crippen LogP contribution in [0.5, 0.6) is 5.75 Å². The van der Waals surface area contributed by atoms with E-state index in [0.29, 0.717) is 5.92 Å². The van der Waals surface area contributed by atoms with Gasteiger partial charge in [-0.2, -0.15) is 0 Å². The second-order valence-corrected chi connectivity index (χ2v) is 11.8. The Balaban J connectivity index is 1.41. The minimum atomic E-state index is -0.156. The lowest BCUT2D eigenvalue weighted by Crippen LogP contribution is -2.37. The summed E-state index contributed by atoms with van der Waals surface area (Å²) in [6.07, 6.45) is 6.76. The number of fused-ring (bicyclic) bond motifs is 1. The summed E-state index contributed by atoms with van der Waals surface area (Å²) in [6, 6.07) is 12.9. The number of methoxy groups -OCH3 is 1. The number of benzene rings is 2. The maximum Gasteiger partial charge on any atom is 0.309 e. The van der Waals surface area contributed by atoms with Crippen molar-refractivity contribution in [2.75, 3.05) is 13.7 Å². The molecule has 5 rings (SSSR count). The molecule has 1 saturated carbocycles. The number of hydrogen-bond donors (Lipinski definition) is 0. The van der Waals surface area contributed by atoms with Crippen molar-refractivity contribution in [3.63, 3.8) is 0 Å². The van der Waals surface area contributed by atoms with E-state index in [-0.39, 0.29) is 29.4 Å². The van der Waals surface area contributed by atoms with Gasteiger partial charge >= 0.3 is 5.97 Å². The molecule has 0 spiro atoms. The van der Waals surface area contributed by atoms with Crippen molar-refractivity contribution in [3.05, 3.63) is 63.7 Å². The van der Waals surface area contributed by atoms with Gasteiger partial charge in [-0.15, -0.1) is 0 Å². The molecule has 2 heterocycles. The molecule has 4 nitrogen and oxygen atoms in total. The maximum absolute atomic E-state index is 12.4. The van der Waals surface area contributed by atoms with Gasteiger partial charge in [-0.05, 0) is 111 Å². The largest absolute Gasteiger partial charge is 0.485 e. The number of ether oxygens (including phenoxy) is 2. The van der Waals surface area contributed by atoms with E-state index < -0.39 is 0 Å². The minimum absolute atomic E-state index is 0.00753. The zero-order chi connectivity index (χ0) is 24.7. The van der Waals surface area contributed by atoms with Gasteiger partial charge in [0, 0.05) is 17.1 Å². The Labute approximate surface area is 214 Å². The Morgan fingerprint density at radius 1 is 1.20 bits per heavy atom. The Morgan fingerprint density at radius 3 is 2.69 bits per heavy atom. The molecule has 0 amide bonds. The molecule has 2 aliphatic heterocycles. The highest BCUT2D eigenvalue weighted by atomic mass is 35.5. The lowest BCUT2D eigenvalue weighted by atomic mass is 9.82. The standard InChI is InChI=1S/C30H38ClNO3/c1-19(29(33)34-4)28(21-7-8-21)22-9-6-20-10-13-26(35-27(20)17-22)25-12-11-24(31)16-23(25)18-32-15-5-14-30(32,2)3/h6,9,11-12,16-17,19,21,26,28H,5,7-8,10,13-15,18H2,1-4H3/t19-,26?,28-/m0/s1. The quantitative estimate of drug-likeness (QED) is 0.384. The minimum Gasteiger partial charge on any atom is -0.485 e. The molecule has 1 saturated heterocycles. The van der Waals surface area contributed by atoms with Crippen molar-refractivity contribution >= 4 is 17.6 Å².